The first-order chi connectivity index (χ1) is 6.86. The zero-order chi connectivity index (χ0) is 9.80. The van der Waals surface area contributed by atoms with Gasteiger partial charge in [0.15, 0.2) is 0 Å². The molecule has 70 valence electrons. The molecule has 14 heavy (non-hydrogen) atoms. The predicted octanol–water partition coefficient (Wildman–Crippen LogP) is 1.22. The lowest BCUT2D eigenvalue weighted by atomic mass is 10.3. The average molecular weight is 205 g/mol. The monoisotopic (exact) mass is 205 g/mol. The third kappa shape index (κ3) is 1.91. The second-order valence-corrected chi connectivity index (χ2v) is 2.92. The maximum atomic E-state index is 4.92. The van der Waals surface area contributed by atoms with Crippen LogP contribution in [0.25, 0.3) is 0 Å². The highest BCUT2D eigenvalue weighted by Crippen LogP contribution is 1.92. The Morgan fingerprint density at radius 3 is 2.86 bits per heavy atom. The van der Waals surface area contributed by atoms with E-state index in [4.69, 9.17) is 12.2 Å². The molecular weight excluding hydrogens is 198 g/mol. The zero-order valence-corrected chi connectivity index (χ0v) is 7.98. The van der Waals surface area contributed by atoms with Gasteiger partial charge in [-0.15, -0.1) is 0 Å². The molecule has 5 nitrogen and oxygen atoms in total. The topological polar surface area (TPSA) is 58.9 Å². The summed E-state index contributed by atoms with van der Waals surface area (Å²) in [4.78, 5) is 3.90. The molecule has 2 rings (SSSR count). The fourth-order valence-corrected chi connectivity index (χ4v) is 1.05. The molecule has 0 aliphatic carbocycles. The van der Waals surface area contributed by atoms with Crippen molar-refractivity contribution in [2.45, 2.75) is 0 Å². The molecule has 0 unspecified atom stereocenters. The van der Waals surface area contributed by atoms with Gasteiger partial charge >= 0.3 is 0 Å². The Kier molecular flexibility index (Phi) is 2.46. The van der Waals surface area contributed by atoms with Crippen LogP contribution in [0.4, 0.5) is 0 Å². The van der Waals surface area contributed by atoms with E-state index >= 15 is 0 Å². The van der Waals surface area contributed by atoms with Crippen LogP contribution >= 0.6 is 12.2 Å². The summed E-state index contributed by atoms with van der Waals surface area (Å²) in [7, 11) is 0. The van der Waals surface area contributed by atoms with Crippen molar-refractivity contribution < 1.29 is 0 Å². The second-order valence-electron chi connectivity index (χ2n) is 2.53. The first-order valence-corrected chi connectivity index (χ1v) is 4.33. The van der Waals surface area contributed by atoms with Gasteiger partial charge in [-0.25, -0.2) is 0 Å². The Bertz CT molecular complexity index is 484. The minimum atomic E-state index is 0.468. The summed E-state index contributed by atoms with van der Waals surface area (Å²) in [6.07, 6.45) is 6.61. The lowest BCUT2D eigenvalue weighted by Gasteiger charge is -1.90. The normalized spacial score (nSPS) is 10.9. The van der Waals surface area contributed by atoms with Crippen molar-refractivity contribution in [2.75, 3.05) is 0 Å². The van der Waals surface area contributed by atoms with E-state index in [1.54, 1.807) is 18.6 Å². The van der Waals surface area contributed by atoms with Gasteiger partial charge in [-0.1, -0.05) is 0 Å². The van der Waals surface area contributed by atoms with Gasteiger partial charge in [0, 0.05) is 12.4 Å². The second kappa shape index (κ2) is 3.93. The maximum Gasteiger partial charge on any atom is 0.216 e. The minimum Gasteiger partial charge on any atom is -0.265 e. The van der Waals surface area contributed by atoms with Crippen molar-refractivity contribution in [1.29, 1.82) is 0 Å². The summed E-state index contributed by atoms with van der Waals surface area (Å²) < 4.78 is 1.95. The summed E-state index contributed by atoms with van der Waals surface area (Å²) in [5.41, 5.74) is 0.961. The molecule has 0 aromatic carbocycles. The Balaban J connectivity index is 2.24. The molecule has 2 aromatic heterocycles. The smallest absolute Gasteiger partial charge is 0.216 e. The van der Waals surface area contributed by atoms with Gasteiger partial charge in [0.25, 0.3) is 0 Å². The number of rotatable bonds is 2. The van der Waals surface area contributed by atoms with E-state index in [0.29, 0.717) is 4.77 Å². The summed E-state index contributed by atoms with van der Waals surface area (Å²) in [5, 5.41) is 10.5. The van der Waals surface area contributed by atoms with Crippen LogP contribution in [0.3, 0.4) is 0 Å². The first kappa shape index (κ1) is 8.76. The fraction of sp³-hybridized carbons (Fsp3) is 0. The summed E-state index contributed by atoms with van der Waals surface area (Å²) in [6, 6.07) is 3.71. The van der Waals surface area contributed by atoms with E-state index in [1.807, 2.05) is 12.1 Å². The van der Waals surface area contributed by atoms with E-state index < -0.39 is 0 Å². The van der Waals surface area contributed by atoms with Crippen molar-refractivity contribution in [2.24, 2.45) is 5.10 Å². The average Bonchev–Trinajstić information content (AvgIpc) is 2.63. The van der Waals surface area contributed by atoms with Crippen LogP contribution in [0.5, 0.6) is 0 Å². The zero-order valence-electron chi connectivity index (χ0n) is 7.16. The van der Waals surface area contributed by atoms with Crippen LogP contribution in [-0.4, -0.2) is 26.1 Å². The van der Waals surface area contributed by atoms with Crippen LogP contribution in [0.15, 0.2) is 36.0 Å². The Labute approximate surface area is 85.1 Å². The SMILES string of the molecule is S=c1[nH]ncn1/N=C/c1ccncc1. The molecule has 0 bridgehead atoms. The van der Waals surface area contributed by atoms with Gasteiger partial charge in [-0.05, 0) is 29.9 Å². The van der Waals surface area contributed by atoms with Gasteiger partial charge in [0.05, 0.1) is 6.21 Å². The molecule has 1 N–H and O–H groups in total. The molecule has 0 atom stereocenters. The van der Waals surface area contributed by atoms with Crippen LogP contribution < -0.4 is 0 Å². The molecule has 2 aromatic rings. The number of pyridine rings is 1. The quantitative estimate of drug-likeness (QED) is 0.592. The summed E-state index contributed by atoms with van der Waals surface area (Å²) >= 11 is 4.92. The number of H-pyrrole nitrogens is 1. The molecule has 0 radical (unpaired) electrons. The maximum absolute atomic E-state index is 4.92. The highest BCUT2D eigenvalue weighted by atomic mass is 32.1. The van der Waals surface area contributed by atoms with Gasteiger partial charge in [-0.2, -0.15) is 14.9 Å². The molecular formula is C8H7N5S. The molecule has 2 heterocycles. The highest BCUT2D eigenvalue weighted by molar-refractivity contribution is 7.71. The van der Waals surface area contributed by atoms with Gasteiger partial charge in [0.1, 0.15) is 6.33 Å². The van der Waals surface area contributed by atoms with E-state index in [0.717, 1.165) is 5.56 Å². The van der Waals surface area contributed by atoms with Crippen molar-refractivity contribution in [3.8, 4) is 0 Å². The van der Waals surface area contributed by atoms with E-state index in [-0.39, 0.29) is 0 Å². The molecule has 0 saturated heterocycles. The van der Waals surface area contributed by atoms with Crippen LogP contribution in [-0.2, 0) is 0 Å². The van der Waals surface area contributed by atoms with Crippen LogP contribution in [0.2, 0.25) is 0 Å². The minimum absolute atomic E-state index is 0.468. The third-order valence-corrected chi connectivity index (χ3v) is 1.85. The summed E-state index contributed by atoms with van der Waals surface area (Å²) in [5.74, 6) is 0. The fourth-order valence-electron chi connectivity index (χ4n) is 0.903. The Morgan fingerprint density at radius 2 is 2.21 bits per heavy atom. The van der Waals surface area contributed by atoms with E-state index in [1.165, 1.54) is 11.0 Å². The molecule has 0 aliphatic rings. The number of hydrogen-bond donors (Lipinski definition) is 1. The molecule has 0 spiro atoms. The standard InChI is InChI=1S/C8H7N5S/c14-8-12-10-6-13(8)11-5-7-1-3-9-4-2-7/h1-6H,(H,12,14)/b11-5+. The lowest BCUT2D eigenvalue weighted by molar-refractivity contribution is 0.862. The number of hydrogen-bond acceptors (Lipinski definition) is 4. The van der Waals surface area contributed by atoms with E-state index in [9.17, 15) is 0 Å². The largest absolute Gasteiger partial charge is 0.265 e. The van der Waals surface area contributed by atoms with Gasteiger partial charge < -0.3 is 0 Å². The Morgan fingerprint density at radius 1 is 1.43 bits per heavy atom. The summed E-state index contributed by atoms with van der Waals surface area (Å²) in [6.45, 7) is 0. The first-order valence-electron chi connectivity index (χ1n) is 3.93. The molecule has 0 saturated carbocycles. The number of nitrogens with one attached hydrogen (secondary N) is 1. The van der Waals surface area contributed by atoms with Crippen LogP contribution in [0, 0.1) is 4.77 Å². The van der Waals surface area contributed by atoms with Crippen molar-refractivity contribution in [3.05, 3.63) is 41.2 Å². The number of aromatic amines is 1. The number of aromatic nitrogens is 4. The van der Waals surface area contributed by atoms with Gasteiger partial charge in [-0.3, -0.25) is 10.1 Å². The third-order valence-electron chi connectivity index (χ3n) is 1.57. The molecule has 6 heteroatoms. The van der Waals surface area contributed by atoms with Gasteiger partial charge in [0.2, 0.25) is 4.77 Å². The number of nitrogens with zero attached hydrogens (tertiary/aromatic N) is 4. The van der Waals surface area contributed by atoms with Crippen molar-refractivity contribution >= 4 is 18.4 Å². The predicted molar refractivity (Wildman–Crippen MR) is 54.6 cm³/mol. The molecule has 0 fully saturated rings. The van der Waals surface area contributed by atoms with E-state index in [2.05, 4.69) is 20.3 Å². The van der Waals surface area contributed by atoms with Crippen molar-refractivity contribution in [1.82, 2.24) is 19.9 Å². The van der Waals surface area contributed by atoms with Crippen LogP contribution in [0.1, 0.15) is 5.56 Å². The molecule has 0 amide bonds. The highest BCUT2D eigenvalue weighted by Gasteiger charge is 1.88. The molecule has 0 aliphatic heterocycles. The van der Waals surface area contributed by atoms with Crippen molar-refractivity contribution in [3.63, 3.8) is 0 Å². The Hall–Kier alpha value is -1.82. The lowest BCUT2D eigenvalue weighted by Crippen LogP contribution is -1.88.